The number of nitriles is 1. The number of rotatable bonds is 2. The second-order valence-electron chi connectivity index (χ2n) is 4.86. The van der Waals surface area contributed by atoms with E-state index in [2.05, 4.69) is 16.0 Å². The van der Waals surface area contributed by atoms with E-state index in [0.29, 0.717) is 5.92 Å². The highest BCUT2D eigenvalue weighted by Gasteiger charge is 2.47. The SMILES string of the molecule is N#CC1(c2ncc(C3CCCC3)[nH]2)CC1. The topological polar surface area (TPSA) is 52.5 Å². The maximum atomic E-state index is 9.07. The van der Waals surface area contributed by atoms with Gasteiger partial charge in [-0.2, -0.15) is 5.26 Å². The van der Waals surface area contributed by atoms with Gasteiger partial charge in [0.05, 0.1) is 6.07 Å². The zero-order valence-corrected chi connectivity index (χ0v) is 8.79. The molecular formula is C12H15N3. The highest BCUT2D eigenvalue weighted by molar-refractivity contribution is 5.31. The van der Waals surface area contributed by atoms with Crippen LogP contribution in [-0.2, 0) is 5.41 Å². The molecule has 1 heterocycles. The third kappa shape index (κ3) is 1.36. The summed E-state index contributed by atoms with van der Waals surface area (Å²) in [5.74, 6) is 1.58. The number of H-pyrrole nitrogens is 1. The van der Waals surface area contributed by atoms with Crippen molar-refractivity contribution in [2.24, 2.45) is 0 Å². The highest BCUT2D eigenvalue weighted by atomic mass is 15.0. The number of nitrogens with one attached hydrogen (secondary N) is 1. The van der Waals surface area contributed by atoms with Gasteiger partial charge in [0.25, 0.3) is 0 Å². The number of imidazole rings is 1. The molecule has 2 aliphatic rings. The molecular weight excluding hydrogens is 186 g/mol. The van der Waals surface area contributed by atoms with Gasteiger partial charge in [-0.3, -0.25) is 0 Å². The van der Waals surface area contributed by atoms with Crippen LogP contribution in [0.15, 0.2) is 6.20 Å². The summed E-state index contributed by atoms with van der Waals surface area (Å²) >= 11 is 0. The van der Waals surface area contributed by atoms with Gasteiger partial charge in [0.15, 0.2) is 0 Å². The fourth-order valence-electron chi connectivity index (χ4n) is 2.55. The van der Waals surface area contributed by atoms with Gasteiger partial charge in [-0.25, -0.2) is 4.98 Å². The van der Waals surface area contributed by atoms with Crippen molar-refractivity contribution in [3.63, 3.8) is 0 Å². The number of aromatic nitrogens is 2. The van der Waals surface area contributed by atoms with Gasteiger partial charge in [-0.1, -0.05) is 12.8 Å². The molecule has 0 aromatic carbocycles. The van der Waals surface area contributed by atoms with Crippen LogP contribution in [-0.4, -0.2) is 9.97 Å². The predicted molar refractivity (Wildman–Crippen MR) is 56.3 cm³/mol. The first kappa shape index (κ1) is 8.96. The number of hydrogen-bond donors (Lipinski definition) is 1. The van der Waals surface area contributed by atoms with E-state index in [1.165, 1.54) is 31.4 Å². The number of hydrogen-bond acceptors (Lipinski definition) is 2. The Morgan fingerprint density at radius 3 is 2.73 bits per heavy atom. The minimum atomic E-state index is -0.253. The Labute approximate surface area is 89.5 Å². The van der Waals surface area contributed by atoms with Crippen molar-refractivity contribution in [2.45, 2.75) is 49.9 Å². The first-order chi connectivity index (χ1) is 7.34. The minimum Gasteiger partial charge on any atom is -0.344 e. The Morgan fingerprint density at radius 1 is 1.40 bits per heavy atom. The highest BCUT2D eigenvalue weighted by Crippen LogP contribution is 2.46. The van der Waals surface area contributed by atoms with Gasteiger partial charge in [-0.15, -0.1) is 0 Å². The summed E-state index contributed by atoms with van der Waals surface area (Å²) in [4.78, 5) is 7.76. The van der Waals surface area contributed by atoms with Crippen LogP contribution in [0, 0.1) is 11.3 Å². The summed E-state index contributed by atoms with van der Waals surface area (Å²) in [6.45, 7) is 0. The number of aromatic amines is 1. The van der Waals surface area contributed by atoms with Gasteiger partial charge in [-0.05, 0) is 25.7 Å². The molecule has 1 aromatic rings. The van der Waals surface area contributed by atoms with Gasteiger partial charge in [0.2, 0.25) is 0 Å². The van der Waals surface area contributed by atoms with Crippen molar-refractivity contribution in [3.8, 4) is 6.07 Å². The van der Waals surface area contributed by atoms with Crippen molar-refractivity contribution in [2.75, 3.05) is 0 Å². The van der Waals surface area contributed by atoms with Crippen molar-refractivity contribution in [1.29, 1.82) is 5.26 Å². The monoisotopic (exact) mass is 201 g/mol. The van der Waals surface area contributed by atoms with E-state index in [1.807, 2.05) is 6.20 Å². The van der Waals surface area contributed by atoms with Gasteiger partial charge < -0.3 is 4.98 Å². The maximum absolute atomic E-state index is 9.07. The fourth-order valence-corrected chi connectivity index (χ4v) is 2.55. The molecule has 3 heteroatoms. The molecule has 0 atom stereocenters. The van der Waals surface area contributed by atoms with Crippen molar-refractivity contribution >= 4 is 0 Å². The molecule has 0 aliphatic heterocycles. The summed E-state index contributed by atoms with van der Waals surface area (Å²) in [7, 11) is 0. The van der Waals surface area contributed by atoms with Gasteiger partial charge in [0.1, 0.15) is 11.2 Å². The molecule has 2 saturated carbocycles. The van der Waals surface area contributed by atoms with Crippen LogP contribution >= 0.6 is 0 Å². The Balaban J connectivity index is 1.85. The predicted octanol–water partition coefficient (Wildman–Crippen LogP) is 2.62. The molecule has 78 valence electrons. The molecule has 1 N–H and O–H groups in total. The molecule has 15 heavy (non-hydrogen) atoms. The van der Waals surface area contributed by atoms with Crippen LogP contribution < -0.4 is 0 Å². The van der Waals surface area contributed by atoms with E-state index >= 15 is 0 Å². The standard InChI is InChI=1S/C12H15N3/c13-8-12(5-6-12)11-14-7-10(15-11)9-3-1-2-4-9/h7,9H,1-6H2,(H,14,15). The maximum Gasteiger partial charge on any atom is 0.126 e. The van der Waals surface area contributed by atoms with E-state index in [9.17, 15) is 0 Å². The minimum absolute atomic E-state index is 0.253. The molecule has 3 rings (SSSR count). The van der Waals surface area contributed by atoms with E-state index < -0.39 is 0 Å². The van der Waals surface area contributed by atoms with Crippen LogP contribution in [0.3, 0.4) is 0 Å². The van der Waals surface area contributed by atoms with Crippen LogP contribution in [0.4, 0.5) is 0 Å². The first-order valence-corrected chi connectivity index (χ1v) is 5.81. The summed E-state index contributed by atoms with van der Waals surface area (Å²) in [6.07, 6.45) is 9.12. The lowest BCUT2D eigenvalue weighted by atomic mass is 10.1. The average Bonchev–Trinajstić information content (AvgIpc) is 2.74. The quantitative estimate of drug-likeness (QED) is 0.799. The van der Waals surface area contributed by atoms with Gasteiger partial charge >= 0.3 is 0 Å². The zero-order valence-electron chi connectivity index (χ0n) is 8.79. The normalized spacial score (nSPS) is 23.9. The molecule has 0 saturated heterocycles. The van der Waals surface area contributed by atoms with Crippen LogP contribution in [0.25, 0.3) is 0 Å². The van der Waals surface area contributed by atoms with Crippen LogP contribution in [0.1, 0.15) is 56.0 Å². The summed E-state index contributed by atoms with van der Waals surface area (Å²) < 4.78 is 0. The Morgan fingerprint density at radius 2 is 2.13 bits per heavy atom. The molecule has 2 aliphatic carbocycles. The van der Waals surface area contributed by atoms with Crippen molar-refractivity contribution in [3.05, 3.63) is 17.7 Å². The molecule has 3 nitrogen and oxygen atoms in total. The van der Waals surface area contributed by atoms with E-state index in [1.54, 1.807) is 0 Å². The number of nitrogens with zero attached hydrogens (tertiary/aromatic N) is 2. The Bertz CT molecular complexity index is 403. The molecule has 0 bridgehead atoms. The molecule has 2 fully saturated rings. The van der Waals surface area contributed by atoms with Crippen LogP contribution in [0.5, 0.6) is 0 Å². The van der Waals surface area contributed by atoms with Crippen LogP contribution in [0.2, 0.25) is 0 Å². The Kier molecular flexibility index (Phi) is 1.85. The summed E-state index contributed by atoms with van der Waals surface area (Å²) in [5.41, 5.74) is 1.00. The molecule has 1 aromatic heterocycles. The Hall–Kier alpha value is -1.30. The van der Waals surface area contributed by atoms with Crippen molar-refractivity contribution < 1.29 is 0 Å². The largest absolute Gasteiger partial charge is 0.344 e. The van der Waals surface area contributed by atoms with Gasteiger partial charge in [0, 0.05) is 17.8 Å². The first-order valence-electron chi connectivity index (χ1n) is 5.81. The van der Waals surface area contributed by atoms with E-state index in [4.69, 9.17) is 5.26 Å². The molecule has 0 unspecified atom stereocenters. The lowest BCUT2D eigenvalue weighted by Crippen LogP contribution is -2.05. The molecule has 0 radical (unpaired) electrons. The smallest absolute Gasteiger partial charge is 0.126 e. The third-order valence-corrected chi connectivity index (χ3v) is 3.81. The van der Waals surface area contributed by atoms with E-state index in [-0.39, 0.29) is 5.41 Å². The second kappa shape index (κ2) is 3.10. The van der Waals surface area contributed by atoms with E-state index in [0.717, 1.165) is 18.7 Å². The fraction of sp³-hybridized carbons (Fsp3) is 0.667. The lowest BCUT2D eigenvalue weighted by molar-refractivity contribution is 0.694. The summed E-state index contributed by atoms with van der Waals surface area (Å²) in [6, 6.07) is 2.38. The summed E-state index contributed by atoms with van der Waals surface area (Å²) in [5, 5.41) is 9.07. The second-order valence-corrected chi connectivity index (χ2v) is 4.86. The molecule has 0 amide bonds. The zero-order chi connectivity index (χ0) is 10.3. The molecule has 0 spiro atoms. The average molecular weight is 201 g/mol. The lowest BCUT2D eigenvalue weighted by Gasteiger charge is -2.05. The third-order valence-electron chi connectivity index (χ3n) is 3.81. The van der Waals surface area contributed by atoms with Crippen molar-refractivity contribution in [1.82, 2.24) is 9.97 Å².